The van der Waals surface area contributed by atoms with Crippen molar-refractivity contribution in [3.8, 4) is 5.75 Å². The van der Waals surface area contributed by atoms with Crippen LogP contribution < -0.4 is 4.74 Å². The van der Waals surface area contributed by atoms with E-state index < -0.39 is 11.6 Å². The Hall–Kier alpha value is -0.900. The Morgan fingerprint density at radius 2 is 1.93 bits per heavy atom. The number of methoxy groups -OCH3 is 1. The minimum Gasteiger partial charge on any atom is -0.491 e. The van der Waals surface area contributed by atoms with Crippen molar-refractivity contribution in [1.82, 2.24) is 0 Å². The van der Waals surface area contributed by atoms with Crippen molar-refractivity contribution in [2.75, 3.05) is 12.4 Å². The van der Waals surface area contributed by atoms with Gasteiger partial charge in [-0.15, -0.1) is 0 Å². The molecular weight excluding hydrogens is 266 g/mol. The van der Waals surface area contributed by atoms with Gasteiger partial charge in [-0.1, -0.05) is 28.1 Å². The molecule has 0 aromatic heterocycles. The topological polar surface area (TPSA) is 9.23 Å². The molecular formula is C11H11BrF2O. The number of hydrogen-bond acceptors (Lipinski definition) is 1. The normalized spacial score (nSPS) is 10.9. The predicted molar refractivity (Wildman–Crippen MR) is 60.4 cm³/mol. The number of hydrogen-bond donors (Lipinski definition) is 0. The second kappa shape index (κ2) is 5.85. The molecule has 0 heterocycles. The van der Waals surface area contributed by atoms with E-state index in [1.807, 2.05) is 6.08 Å². The van der Waals surface area contributed by atoms with Gasteiger partial charge in [0.05, 0.1) is 7.11 Å². The van der Waals surface area contributed by atoms with Crippen LogP contribution in [-0.4, -0.2) is 12.4 Å². The van der Waals surface area contributed by atoms with Crippen molar-refractivity contribution >= 4 is 22.0 Å². The first-order chi connectivity index (χ1) is 7.19. The van der Waals surface area contributed by atoms with Gasteiger partial charge in [0.2, 0.25) is 0 Å². The first-order valence-corrected chi connectivity index (χ1v) is 5.56. The summed E-state index contributed by atoms with van der Waals surface area (Å²) in [5, 5.41) is 0.824. The predicted octanol–water partition coefficient (Wildman–Crippen LogP) is 3.77. The van der Waals surface area contributed by atoms with Gasteiger partial charge in [0.1, 0.15) is 0 Å². The molecule has 1 aromatic rings. The third kappa shape index (κ3) is 3.30. The minimum absolute atomic E-state index is 0.340. The molecule has 15 heavy (non-hydrogen) atoms. The van der Waals surface area contributed by atoms with Crippen LogP contribution in [0, 0.1) is 11.6 Å². The van der Waals surface area contributed by atoms with E-state index >= 15 is 0 Å². The second-order valence-corrected chi connectivity index (χ2v) is 3.69. The lowest BCUT2D eigenvalue weighted by Crippen LogP contribution is -1.93. The zero-order valence-electron chi connectivity index (χ0n) is 8.27. The summed E-state index contributed by atoms with van der Waals surface area (Å²) in [6.45, 7) is 0. The fraction of sp³-hybridized carbons (Fsp3) is 0.273. The summed E-state index contributed by atoms with van der Waals surface area (Å²) in [4.78, 5) is 0. The molecule has 1 aromatic carbocycles. The molecule has 0 spiro atoms. The molecule has 0 N–H and O–H groups in total. The number of benzene rings is 1. The third-order valence-corrected chi connectivity index (χ3v) is 2.27. The molecule has 0 aliphatic carbocycles. The van der Waals surface area contributed by atoms with Crippen molar-refractivity contribution in [2.45, 2.75) is 6.42 Å². The summed E-state index contributed by atoms with van der Waals surface area (Å²) in [5.41, 5.74) is 0.492. The van der Waals surface area contributed by atoms with Crippen LogP contribution in [0.25, 0.3) is 6.08 Å². The van der Waals surface area contributed by atoms with Crippen molar-refractivity contribution in [3.05, 3.63) is 35.4 Å². The highest BCUT2D eigenvalue weighted by atomic mass is 79.9. The van der Waals surface area contributed by atoms with Gasteiger partial charge >= 0.3 is 0 Å². The van der Waals surface area contributed by atoms with Gasteiger partial charge in [-0.05, 0) is 24.1 Å². The molecule has 0 saturated carbocycles. The van der Waals surface area contributed by atoms with E-state index in [1.165, 1.54) is 19.2 Å². The van der Waals surface area contributed by atoms with Gasteiger partial charge in [-0.2, -0.15) is 0 Å². The van der Waals surface area contributed by atoms with E-state index in [2.05, 4.69) is 20.7 Å². The molecule has 1 rings (SSSR count). The molecule has 1 nitrogen and oxygen atoms in total. The van der Waals surface area contributed by atoms with Crippen molar-refractivity contribution in [2.24, 2.45) is 0 Å². The van der Waals surface area contributed by atoms with Crippen LogP contribution in [0.5, 0.6) is 5.75 Å². The summed E-state index contributed by atoms with van der Waals surface area (Å²) in [5.74, 6) is -1.71. The number of alkyl halides is 1. The smallest absolute Gasteiger partial charge is 0.190 e. The molecule has 4 heteroatoms. The second-order valence-electron chi connectivity index (χ2n) is 2.90. The maximum absolute atomic E-state index is 13.2. The van der Waals surface area contributed by atoms with Crippen LogP contribution >= 0.6 is 15.9 Å². The van der Waals surface area contributed by atoms with Crippen LogP contribution in [0.4, 0.5) is 8.78 Å². The lowest BCUT2D eigenvalue weighted by molar-refractivity contribution is 0.360. The van der Waals surface area contributed by atoms with Crippen LogP contribution in [0.15, 0.2) is 18.2 Å². The van der Waals surface area contributed by atoms with E-state index in [9.17, 15) is 8.78 Å². The summed E-state index contributed by atoms with van der Waals surface area (Å²) in [7, 11) is 1.24. The van der Waals surface area contributed by atoms with E-state index in [1.54, 1.807) is 6.08 Å². The highest BCUT2D eigenvalue weighted by Crippen LogP contribution is 2.23. The zero-order chi connectivity index (χ0) is 11.3. The number of allylic oxidation sites excluding steroid dienone is 1. The van der Waals surface area contributed by atoms with E-state index in [0.29, 0.717) is 5.56 Å². The monoisotopic (exact) mass is 276 g/mol. The SMILES string of the molecule is COc1c(F)cc(C=CCCBr)cc1F. The Bertz CT molecular complexity index is 341. The molecule has 0 amide bonds. The quantitative estimate of drug-likeness (QED) is 0.761. The summed E-state index contributed by atoms with van der Waals surface area (Å²) < 4.78 is 31.0. The van der Waals surface area contributed by atoms with E-state index in [4.69, 9.17) is 0 Å². The minimum atomic E-state index is -0.684. The Morgan fingerprint density at radius 1 is 1.33 bits per heavy atom. The van der Waals surface area contributed by atoms with Gasteiger partial charge in [0.15, 0.2) is 17.4 Å². The Morgan fingerprint density at radius 3 is 2.40 bits per heavy atom. The highest BCUT2D eigenvalue weighted by Gasteiger charge is 2.09. The largest absolute Gasteiger partial charge is 0.491 e. The molecule has 0 unspecified atom stereocenters. The Kier molecular flexibility index (Phi) is 4.75. The highest BCUT2D eigenvalue weighted by molar-refractivity contribution is 9.09. The van der Waals surface area contributed by atoms with Crippen LogP contribution in [0.2, 0.25) is 0 Å². The molecule has 0 radical (unpaired) electrons. The number of ether oxygens (including phenoxy) is 1. The van der Waals surface area contributed by atoms with Crippen molar-refractivity contribution in [3.63, 3.8) is 0 Å². The van der Waals surface area contributed by atoms with Gasteiger partial charge in [-0.3, -0.25) is 0 Å². The van der Waals surface area contributed by atoms with Gasteiger partial charge in [0.25, 0.3) is 0 Å². The molecule has 0 atom stereocenters. The lowest BCUT2D eigenvalue weighted by atomic mass is 10.2. The average Bonchev–Trinajstić information content (AvgIpc) is 2.18. The first kappa shape index (κ1) is 12.2. The standard InChI is InChI=1S/C11H11BrF2O/c1-15-11-9(13)6-8(7-10(11)14)4-2-3-5-12/h2,4,6-7H,3,5H2,1H3. The Labute approximate surface area is 95.9 Å². The van der Waals surface area contributed by atoms with Crippen LogP contribution in [0.1, 0.15) is 12.0 Å². The van der Waals surface area contributed by atoms with Gasteiger partial charge in [0, 0.05) is 5.33 Å². The fourth-order valence-electron chi connectivity index (χ4n) is 1.15. The first-order valence-electron chi connectivity index (χ1n) is 4.44. The lowest BCUT2D eigenvalue weighted by Gasteiger charge is -2.04. The van der Waals surface area contributed by atoms with Gasteiger partial charge < -0.3 is 4.74 Å². The van der Waals surface area contributed by atoms with Gasteiger partial charge in [-0.25, -0.2) is 8.78 Å². The Balaban J connectivity index is 2.93. The molecule has 0 fully saturated rings. The maximum Gasteiger partial charge on any atom is 0.190 e. The maximum atomic E-state index is 13.2. The van der Waals surface area contributed by atoms with Crippen LogP contribution in [-0.2, 0) is 0 Å². The molecule has 0 saturated heterocycles. The van der Waals surface area contributed by atoms with Crippen molar-refractivity contribution in [1.29, 1.82) is 0 Å². The van der Waals surface area contributed by atoms with Crippen molar-refractivity contribution < 1.29 is 13.5 Å². The zero-order valence-corrected chi connectivity index (χ0v) is 9.85. The fourth-order valence-corrected chi connectivity index (χ4v) is 1.42. The average molecular weight is 277 g/mol. The molecule has 0 aliphatic heterocycles. The molecule has 0 bridgehead atoms. The third-order valence-electron chi connectivity index (χ3n) is 1.81. The molecule has 0 aliphatic rings. The molecule has 82 valence electrons. The number of halogens is 3. The summed E-state index contributed by atoms with van der Waals surface area (Å²) >= 11 is 3.26. The summed E-state index contributed by atoms with van der Waals surface area (Å²) in [6.07, 6.45) is 4.33. The van der Waals surface area contributed by atoms with E-state index in [-0.39, 0.29) is 5.75 Å². The van der Waals surface area contributed by atoms with E-state index in [0.717, 1.165) is 11.8 Å². The summed E-state index contributed by atoms with van der Waals surface area (Å²) in [6, 6.07) is 2.49. The van der Waals surface area contributed by atoms with Crippen LogP contribution in [0.3, 0.4) is 0 Å². The number of rotatable bonds is 4.